The van der Waals surface area contributed by atoms with Crippen molar-refractivity contribution in [2.45, 2.75) is 24.6 Å². The van der Waals surface area contributed by atoms with Crippen LogP contribution >= 0.6 is 0 Å². The lowest BCUT2D eigenvalue weighted by atomic mass is 10.2. The van der Waals surface area contributed by atoms with Crippen molar-refractivity contribution in [3.8, 4) is 0 Å². The van der Waals surface area contributed by atoms with Crippen LogP contribution < -0.4 is 4.72 Å². The third-order valence-electron chi connectivity index (χ3n) is 2.10. The van der Waals surface area contributed by atoms with E-state index < -0.39 is 10.0 Å². The first-order valence-corrected chi connectivity index (χ1v) is 6.85. The Bertz CT molecular complexity index is 400. The number of nitrogens with one attached hydrogen (secondary N) is 1. The fourth-order valence-electron chi connectivity index (χ4n) is 1.39. The Morgan fingerprint density at radius 2 is 1.88 bits per heavy atom. The van der Waals surface area contributed by atoms with Crippen LogP contribution in [0.15, 0.2) is 30.3 Å². The van der Waals surface area contributed by atoms with E-state index in [1.165, 1.54) is 0 Å². The number of rotatable bonds is 6. The fraction of sp³-hybridized carbons (Fsp3) is 0.333. The third-order valence-corrected chi connectivity index (χ3v) is 3.50. The van der Waals surface area contributed by atoms with Gasteiger partial charge in [0, 0.05) is 6.04 Å². The van der Waals surface area contributed by atoms with Crippen molar-refractivity contribution in [1.29, 1.82) is 0 Å². The smallest absolute Gasteiger partial charge is 0.212 e. The van der Waals surface area contributed by atoms with Gasteiger partial charge in [-0.05, 0) is 18.9 Å². The van der Waals surface area contributed by atoms with Crippen LogP contribution in [-0.4, -0.2) is 14.5 Å². The fourth-order valence-corrected chi connectivity index (χ4v) is 2.73. The first-order chi connectivity index (χ1) is 7.53. The maximum atomic E-state index is 11.7. The molecular weight excluding hydrogens is 222 g/mol. The maximum Gasteiger partial charge on any atom is 0.216 e. The molecule has 4 heteroatoms. The lowest BCUT2D eigenvalue weighted by Crippen LogP contribution is -2.33. The zero-order valence-electron chi connectivity index (χ0n) is 9.22. The summed E-state index contributed by atoms with van der Waals surface area (Å²) >= 11 is 0. The normalized spacial score (nSPS) is 13.6. The van der Waals surface area contributed by atoms with Gasteiger partial charge in [-0.15, -0.1) is 0 Å². The van der Waals surface area contributed by atoms with Gasteiger partial charge in [-0.2, -0.15) is 0 Å². The largest absolute Gasteiger partial charge is 0.216 e. The minimum absolute atomic E-state index is 0.00297. The summed E-state index contributed by atoms with van der Waals surface area (Å²) in [4.78, 5) is 0. The highest BCUT2D eigenvalue weighted by molar-refractivity contribution is 7.88. The molecule has 0 amide bonds. The Balaban J connectivity index is 2.59. The second kappa shape index (κ2) is 6.01. The summed E-state index contributed by atoms with van der Waals surface area (Å²) in [7, 11) is -3.30. The highest BCUT2D eigenvalue weighted by Crippen LogP contribution is 2.05. The monoisotopic (exact) mass is 239 g/mol. The molecule has 0 spiro atoms. The van der Waals surface area contributed by atoms with E-state index in [-0.39, 0.29) is 11.8 Å². The molecule has 16 heavy (non-hydrogen) atoms. The summed E-state index contributed by atoms with van der Waals surface area (Å²) in [5.74, 6) is -0.00297. The molecule has 88 valence electrons. The molecule has 1 aromatic carbocycles. The van der Waals surface area contributed by atoms with Crippen molar-refractivity contribution in [3.63, 3.8) is 0 Å². The molecule has 0 saturated heterocycles. The molecule has 1 N–H and O–H groups in total. The Hall–Kier alpha value is -0.870. The van der Waals surface area contributed by atoms with Gasteiger partial charge >= 0.3 is 0 Å². The van der Waals surface area contributed by atoms with Crippen LogP contribution in [-0.2, 0) is 15.8 Å². The van der Waals surface area contributed by atoms with Crippen LogP contribution in [0.5, 0.6) is 0 Å². The summed E-state index contributed by atoms with van der Waals surface area (Å²) in [5.41, 5.74) is 0.775. The van der Waals surface area contributed by atoms with Crippen molar-refractivity contribution < 1.29 is 8.42 Å². The average molecular weight is 239 g/mol. The average Bonchev–Trinajstić information content (AvgIpc) is 2.17. The lowest BCUT2D eigenvalue weighted by molar-refractivity contribution is 0.562. The van der Waals surface area contributed by atoms with Gasteiger partial charge in [0.15, 0.2) is 0 Å². The predicted octanol–water partition coefficient (Wildman–Crippen LogP) is 1.92. The van der Waals surface area contributed by atoms with E-state index in [0.29, 0.717) is 12.8 Å². The molecule has 0 aliphatic rings. The van der Waals surface area contributed by atoms with Gasteiger partial charge in [-0.1, -0.05) is 43.7 Å². The van der Waals surface area contributed by atoms with Crippen LogP contribution in [0, 0.1) is 13.8 Å². The van der Waals surface area contributed by atoms with Gasteiger partial charge in [0.05, 0.1) is 5.75 Å². The van der Waals surface area contributed by atoms with Crippen molar-refractivity contribution >= 4 is 10.0 Å². The summed E-state index contributed by atoms with van der Waals surface area (Å²) in [5, 5.41) is 0. The Morgan fingerprint density at radius 3 is 2.44 bits per heavy atom. The molecule has 0 heterocycles. The minimum Gasteiger partial charge on any atom is -0.212 e. The third kappa shape index (κ3) is 4.77. The van der Waals surface area contributed by atoms with Crippen molar-refractivity contribution in [2.24, 2.45) is 0 Å². The molecule has 1 unspecified atom stereocenters. The van der Waals surface area contributed by atoms with Crippen molar-refractivity contribution in [3.05, 3.63) is 49.7 Å². The Morgan fingerprint density at radius 1 is 1.25 bits per heavy atom. The van der Waals surface area contributed by atoms with Crippen molar-refractivity contribution in [1.82, 2.24) is 4.72 Å². The number of hydrogen-bond donors (Lipinski definition) is 1. The van der Waals surface area contributed by atoms with Crippen LogP contribution in [0.2, 0.25) is 0 Å². The van der Waals surface area contributed by atoms with Crippen molar-refractivity contribution in [2.75, 3.05) is 0 Å². The van der Waals surface area contributed by atoms with Crippen LogP contribution in [0.4, 0.5) is 0 Å². The Kier molecular flexibility index (Phi) is 4.96. The van der Waals surface area contributed by atoms with Gasteiger partial charge in [-0.3, -0.25) is 0 Å². The molecule has 0 saturated carbocycles. The highest BCUT2D eigenvalue weighted by atomic mass is 32.2. The van der Waals surface area contributed by atoms with E-state index in [4.69, 9.17) is 0 Å². The molecule has 0 bridgehead atoms. The van der Waals surface area contributed by atoms with E-state index in [1.54, 1.807) is 12.1 Å². The summed E-state index contributed by atoms with van der Waals surface area (Å²) in [6.45, 7) is 7.39. The van der Waals surface area contributed by atoms with E-state index in [0.717, 1.165) is 5.56 Å². The Labute approximate surface area is 97.9 Å². The topological polar surface area (TPSA) is 46.2 Å². The van der Waals surface area contributed by atoms with Gasteiger partial charge < -0.3 is 0 Å². The standard InChI is InChI=1S/C12H17NO2S/c1-3-7-11(2)13-16(14,15)10-12-8-5-4-6-9-12/h4-6,8-9,11,13H,1-3,7,10H2. The molecule has 0 aliphatic heterocycles. The number of benzene rings is 1. The summed E-state index contributed by atoms with van der Waals surface area (Å²) in [6, 6.07) is 8.78. The zero-order valence-corrected chi connectivity index (χ0v) is 10.0. The predicted molar refractivity (Wildman–Crippen MR) is 65.9 cm³/mol. The van der Waals surface area contributed by atoms with E-state index >= 15 is 0 Å². The molecule has 1 aromatic rings. The quantitative estimate of drug-likeness (QED) is 0.824. The molecule has 1 rings (SSSR count). The molecule has 3 nitrogen and oxygen atoms in total. The van der Waals surface area contributed by atoms with E-state index in [1.807, 2.05) is 18.2 Å². The molecule has 0 fully saturated rings. The number of sulfonamides is 1. The van der Waals surface area contributed by atoms with Gasteiger partial charge in [0.1, 0.15) is 0 Å². The van der Waals surface area contributed by atoms with Crippen LogP contribution in [0.3, 0.4) is 0 Å². The first-order valence-electron chi connectivity index (χ1n) is 5.20. The molecule has 2 radical (unpaired) electrons. The molecule has 0 aromatic heterocycles. The molecular formula is C12H17NO2S. The van der Waals surface area contributed by atoms with Crippen LogP contribution in [0.25, 0.3) is 0 Å². The first kappa shape index (κ1) is 13.2. The molecule has 0 aliphatic carbocycles. The zero-order chi connectivity index (χ0) is 12.0. The van der Waals surface area contributed by atoms with E-state index in [9.17, 15) is 8.42 Å². The summed E-state index contributed by atoms with van der Waals surface area (Å²) < 4.78 is 26.0. The van der Waals surface area contributed by atoms with Gasteiger partial charge in [0.25, 0.3) is 0 Å². The number of hydrogen-bond acceptors (Lipinski definition) is 2. The second-order valence-electron chi connectivity index (χ2n) is 3.70. The van der Waals surface area contributed by atoms with Gasteiger partial charge in [0.2, 0.25) is 10.0 Å². The lowest BCUT2D eigenvalue weighted by Gasteiger charge is -2.12. The SMILES string of the molecule is [CH2]CCC([CH2])NS(=O)(=O)Cc1ccccc1. The van der Waals surface area contributed by atoms with E-state index in [2.05, 4.69) is 18.6 Å². The summed E-state index contributed by atoms with van der Waals surface area (Å²) in [6.07, 6.45) is 1.32. The highest BCUT2D eigenvalue weighted by Gasteiger charge is 2.14. The molecule has 1 atom stereocenters. The minimum atomic E-state index is -3.30. The van der Waals surface area contributed by atoms with Crippen LogP contribution in [0.1, 0.15) is 18.4 Å². The maximum absolute atomic E-state index is 11.7. The second-order valence-corrected chi connectivity index (χ2v) is 5.46. The van der Waals surface area contributed by atoms with Gasteiger partial charge in [-0.25, -0.2) is 13.1 Å².